The van der Waals surface area contributed by atoms with Crippen molar-refractivity contribution in [3.05, 3.63) is 59.1 Å². The molecule has 2 aromatic rings. The normalized spacial score (nSPS) is 11.4. The monoisotopic (exact) mass is 424 g/mol. The molecule has 0 heterocycles. The first-order valence-corrected chi connectivity index (χ1v) is 10.9. The van der Waals surface area contributed by atoms with Crippen molar-refractivity contribution < 1.29 is 17.9 Å². The standard InChI is InChI=1S/C20H25ClN2O4S/c1-15(2)10-11-22-20(24)14-27-19-9-8-17(12-18(19)21)28(25,26)23-13-16-6-4-3-5-7-16/h3-9,12,15,23H,10-11,13-14H2,1-2H3,(H,22,24). The molecule has 0 aliphatic carbocycles. The lowest BCUT2D eigenvalue weighted by Crippen LogP contribution is -2.30. The average Bonchev–Trinajstić information content (AvgIpc) is 2.66. The molecular weight excluding hydrogens is 400 g/mol. The van der Waals surface area contributed by atoms with E-state index in [4.69, 9.17) is 16.3 Å². The van der Waals surface area contributed by atoms with Crippen LogP contribution in [-0.2, 0) is 21.4 Å². The van der Waals surface area contributed by atoms with Crippen LogP contribution >= 0.6 is 11.6 Å². The number of ether oxygens (including phenoxy) is 1. The van der Waals surface area contributed by atoms with Gasteiger partial charge in [0.25, 0.3) is 5.91 Å². The molecule has 152 valence electrons. The van der Waals surface area contributed by atoms with Crippen molar-refractivity contribution in [3.8, 4) is 5.75 Å². The Morgan fingerprint density at radius 2 is 1.86 bits per heavy atom. The molecule has 6 nitrogen and oxygen atoms in total. The van der Waals surface area contributed by atoms with E-state index in [9.17, 15) is 13.2 Å². The molecule has 0 aliphatic heterocycles. The fourth-order valence-electron chi connectivity index (χ4n) is 2.32. The van der Waals surface area contributed by atoms with Crippen molar-refractivity contribution in [3.63, 3.8) is 0 Å². The summed E-state index contributed by atoms with van der Waals surface area (Å²) < 4.78 is 32.8. The molecule has 0 atom stereocenters. The number of nitrogens with one attached hydrogen (secondary N) is 2. The lowest BCUT2D eigenvalue weighted by atomic mass is 10.1. The molecular formula is C20H25ClN2O4S. The first-order chi connectivity index (χ1) is 13.3. The minimum Gasteiger partial charge on any atom is -0.482 e. The molecule has 0 aliphatic rings. The Morgan fingerprint density at radius 3 is 2.50 bits per heavy atom. The van der Waals surface area contributed by atoms with Gasteiger partial charge in [-0.1, -0.05) is 55.8 Å². The lowest BCUT2D eigenvalue weighted by Gasteiger charge is -2.11. The van der Waals surface area contributed by atoms with Gasteiger partial charge >= 0.3 is 0 Å². The molecule has 28 heavy (non-hydrogen) atoms. The Morgan fingerprint density at radius 1 is 1.14 bits per heavy atom. The highest BCUT2D eigenvalue weighted by Crippen LogP contribution is 2.27. The van der Waals surface area contributed by atoms with Crippen LogP contribution in [0.1, 0.15) is 25.8 Å². The lowest BCUT2D eigenvalue weighted by molar-refractivity contribution is -0.123. The third-order valence-corrected chi connectivity index (χ3v) is 5.62. The molecule has 2 aromatic carbocycles. The molecule has 2 rings (SSSR count). The smallest absolute Gasteiger partial charge is 0.257 e. The van der Waals surface area contributed by atoms with Crippen LogP contribution in [0.5, 0.6) is 5.75 Å². The van der Waals surface area contributed by atoms with Gasteiger partial charge in [0.1, 0.15) is 5.75 Å². The number of sulfonamides is 1. The summed E-state index contributed by atoms with van der Waals surface area (Å²) in [7, 11) is -3.72. The summed E-state index contributed by atoms with van der Waals surface area (Å²) in [5.41, 5.74) is 0.848. The van der Waals surface area contributed by atoms with Gasteiger partial charge < -0.3 is 10.1 Å². The van der Waals surface area contributed by atoms with Gasteiger partial charge in [-0.15, -0.1) is 0 Å². The zero-order chi connectivity index (χ0) is 20.6. The maximum Gasteiger partial charge on any atom is 0.257 e. The van der Waals surface area contributed by atoms with E-state index in [0.29, 0.717) is 12.5 Å². The van der Waals surface area contributed by atoms with Crippen LogP contribution in [0.15, 0.2) is 53.4 Å². The third kappa shape index (κ3) is 7.14. The van der Waals surface area contributed by atoms with Crippen LogP contribution < -0.4 is 14.8 Å². The largest absolute Gasteiger partial charge is 0.482 e. The number of rotatable bonds is 10. The van der Waals surface area contributed by atoms with E-state index in [-0.39, 0.29) is 34.7 Å². The molecule has 2 N–H and O–H groups in total. The minimum absolute atomic E-state index is 0.0298. The second-order valence-electron chi connectivity index (χ2n) is 6.72. The van der Waals surface area contributed by atoms with E-state index in [1.54, 1.807) is 0 Å². The molecule has 0 saturated carbocycles. The van der Waals surface area contributed by atoms with E-state index in [0.717, 1.165) is 12.0 Å². The second-order valence-corrected chi connectivity index (χ2v) is 8.90. The Bertz CT molecular complexity index is 886. The van der Waals surface area contributed by atoms with Crippen LogP contribution in [0.2, 0.25) is 5.02 Å². The maximum absolute atomic E-state index is 12.4. The van der Waals surface area contributed by atoms with E-state index in [2.05, 4.69) is 23.9 Å². The van der Waals surface area contributed by atoms with E-state index >= 15 is 0 Å². The fraction of sp³-hybridized carbons (Fsp3) is 0.350. The van der Waals surface area contributed by atoms with Gasteiger partial charge in [0.05, 0.1) is 9.92 Å². The third-order valence-electron chi connectivity index (χ3n) is 3.93. The van der Waals surface area contributed by atoms with Crippen LogP contribution in [0.3, 0.4) is 0 Å². The summed E-state index contributed by atoms with van der Waals surface area (Å²) in [4.78, 5) is 11.8. The van der Waals surface area contributed by atoms with Gasteiger partial charge in [-0.3, -0.25) is 4.79 Å². The molecule has 0 saturated heterocycles. The summed E-state index contributed by atoms with van der Waals surface area (Å²) in [5, 5.41) is 2.88. The Labute approximate surface area is 171 Å². The van der Waals surface area contributed by atoms with Gasteiger partial charge in [0.15, 0.2) is 6.61 Å². The average molecular weight is 425 g/mol. The summed E-state index contributed by atoms with van der Waals surface area (Å²) in [5.74, 6) is 0.501. The molecule has 0 fully saturated rings. The molecule has 0 aromatic heterocycles. The highest BCUT2D eigenvalue weighted by atomic mass is 35.5. The highest BCUT2D eigenvalue weighted by molar-refractivity contribution is 7.89. The zero-order valence-electron chi connectivity index (χ0n) is 15.9. The number of carbonyl (C=O) groups excluding carboxylic acids is 1. The fourth-order valence-corrected chi connectivity index (χ4v) is 3.66. The SMILES string of the molecule is CC(C)CCNC(=O)COc1ccc(S(=O)(=O)NCc2ccccc2)cc1Cl. The summed E-state index contributed by atoms with van der Waals surface area (Å²) >= 11 is 6.13. The van der Waals surface area contributed by atoms with Gasteiger partial charge in [0.2, 0.25) is 10.0 Å². The Balaban J connectivity index is 1.92. The van der Waals surface area contributed by atoms with Crippen LogP contribution in [0.4, 0.5) is 0 Å². The van der Waals surface area contributed by atoms with Gasteiger partial charge in [0, 0.05) is 13.1 Å². The van der Waals surface area contributed by atoms with Crippen molar-refractivity contribution >= 4 is 27.5 Å². The number of hydrogen-bond acceptors (Lipinski definition) is 4. The molecule has 8 heteroatoms. The summed E-state index contributed by atoms with van der Waals surface area (Å²) in [6, 6.07) is 13.3. The highest BCUT2D eigenvalue weighted by Gasteiger charge is 2.16. The van der Waals surface area contributed by atoms with Crippen molar-refractivity contribution in [2.75, 3.05) is 13.2 Å². The topological polar surface area (TPSA) is 84.5 Å². The van der Waals surface area contributed by atoms with E-state index < -0.39 is 10.0 Å². The Hall–Kier alpha value is -2.09. The number of hydrogen-bond donors (Lipinski definition) is 2. The van der Waals surface area contributed by atoms with E-state index in [1.165, 1.54) is 18.2 Å². The quantitative estimate of drug-likeness (QED) is 0.612. The van der Waals surface area contributed by atoms with Crippen LogP contribution in [0, 0.1) is 5.92 Å². The predicted octanol–water partition coefficient (Wildman–Crippen LogP) is 3.36. The number of benzene rings is 2. The van der Waals surface area contributed by atoms with Gasteiger partial charge in [-0.25, -0.2) is 13.1 Å². The van der Waals surface area contributed by atoms with Crippen molar-refractivity contribution in [2.45, 2.75) is 31.7 Å². The van der Waals surface area contributed by atoms with E-state index in [1.807, 2.05) is 30.3 Å². The summed E-state index contributed by atoms with van der Waals surface area (Å²) in [6.45, 7) is 4.73. The first kappa shape index (κ1) is 22.2. The number of halogens is 1. The minimum atomic E-state index is -3.72. The molecule has 0 radical (unpaired) electrons. The molecule has 0 bridgehead atoms. The molecule has 0 unspecified atom stereocenters. The van der Waals surface area contributed by atoms with Crippen molar-refractivity contribution in [2.24, 2.45) is 5.92 Å². The predicted molar refractivity (Wildman–Crippen MR) is 110 cm³/mol. The first-order valence-electron chi connectivity index (χ1n) is 9.00. The van der Waals surface area contributed by atoms with Crippen LogP contribution in [0.25, 0.3) is 0 Å². The molecule has 0 spiro atoms. The zero-order valence-corrected chi connectivity index (χ0v) is 17.5. The maximum atomic E-state index is 12.4. The van der Waals surface area contributed by atoms with Crippen LogP contribution in [-0.4, -0.2) is 27.5 Å². The summed E-state index contributed by atoms with van der Waals surface area (Å²) in [6.07, 6.45) is 0.884. The number of amides is 1. The van der Waals surface area contributed by atoms with Crippen molar-refractivity contribution in [1.82, 2.24) is 10.0 Å². The Kier molecular flexibility index (Phi) is 8.29. The molecule has 1 amide bonds. The van der Waals surface area contributed by atoms with Gasteiger partial charge in [-0.05, 0) is 36.1 Å². The van der Waals surface area contributed by atoms with Gasteiger partial charge in [-0.2, -0.15) is 0 Å². The number of carbonyl (C=O) groups is 1. The second kappa shape index (κ2) is 10.5. The van der Waals surface area contributed by atoms with Crippen molar-refractivity contribution in [1.29, 1.82) is 0 Å².